The van der Waals surface area contributed by atoms with Gasteiger partial charge in [0.1, 0.15) is 17.3 Å². The van der Waals surface area contributed by atoms with E-state index >= 15 is 0 Å². The zero-order valence-corrected chi connectivity index (χ0v) is 23.3. The standard InChI is InChI=1S/C31H33F3N4O4/c1-41-25-10-6-23(7-11-25)21-28(39)38-16-4-14-30(22-38,42-26-12-8-24(9-13-26)31(32,33)34)29(40)37-19-17-36(18-20-37)27-5-2-3-15-35-27/h2-3,5-13,15H,4,14,16-22H2,1H3. The van der Waals surface area contributed by atoms with Crippen molar-refractivity contribution in [2.24, 2.45) is 0 Å². The number of rotatable bonds is 7. The number of alkyl halides is 3. The predicted octanol–water partition coefficient (Wildman–Crippen LogP) is 4.44. The van der Waals surface area contributed by atoms with E-state index in [4.69, 9.17) is 9.47 Å². The summed E-state index contributed by atoms with van der Waals surface area (Å²) in [6, 6.07) is 17.2. The zero-order chi connectivity index (χ0) is 29.7. The summed E-state index contributed by atoms with van der Waals surface area (Å²) in [6.07, 6.45) is -1.79. The lowest BCUT2D eigenvalue weighted by atomic mass is 9.89. The lowest BCUT2D eigenvalue weighted by molar-refractivity contribution is -0.157. The lowest BCUT2D eigenvalue weighted by Gasteiger charge is -2.45. The molecule has 2 saturated heterocycles. The molecule has 2 amide bonds. The smallest absolute Gasteiger partial charge is 0.416 e. The third-order valence-electron chi connectivity index (χ3n) is 7.75. The average molecular weight is 583 g/mol. The molecular formula is C31H33F3N4O4. The number of methoxy groups -OCH3 is 1. The van der Waals surface area contributed by atoms with Gasteiger partial charge in [0.15, 0.2) is 0 Å². The quantitative estimate of drug-likeness (QED) is 0.410. The molecule has 2 aromatic carbocycles. The molecule has 2 aliphatic rings. The molecule has 3 aromatic rings. The van der Waals surface area contributed by atoms with Crippen molar-refractivity contribution in [3.63, 3.8) is 0 Å². The second-order valence-corrected chi connectivity index (χ2v) is 10.5. The Hall–Kier alpha value is -4.28. The van der Waals surface area contributed by atoms with Crippen LogP contribution < -0.4 is 14.4 Å². The highest BCUT2D eigenvalue weighted by Crippen LogP contribution is 2.34. The van der Waals surface area contributed by atoms with Crippen LogP contribution in [0, 0.1) is 0 Å². The van der Waals surface area contributed by atoms with E-state index in [0.29, 0.717) is 51.3 Å². The Labute approximate surface area is 242 Å². The summed E-state index contributed by atoms with van der Waals surface area (Å²) < 4.78 is 51.0. The molecule has 0 N–H and O–H groups in total. The minimum Gasteiger partial charge on any atom is -0.497 e. The Morgan fingerprint density at radius 3 is 2.19 bits per heavy atom. The Kier molecular flexibility index (Phi) is 8.56. The number of likely N-dealkylation sites (tertiary alicyclic amines) is 1. The Balaban J connectivity index is 1.35. The third kappa shape index (κ3) is 6.61. The second kappa shape index (κ2) is 12.3. The van der Waals surface area contributed by atoms with Gasteiger partial charge in [0.2, 0.25) is 11.5 Å². The van der Waals surface area contributed by atoms with E-state index in [1.54, 1.807) is 35.2 Å². The molecule has 2 aliphatic heterocycles. The molecule has 5 rings (SSSR count). The van der Waals surface area contributed by atoms with Gasteiger partial charge in [0.05, 0.1) is 25.6 Å². The van der Waals surface area contributed by atoms with Crippen LogP contribution >= 0.6 is 0 Å². The Morgan fingerprint density at radius 2 is 1.57 bits per heavy atom. The first kappa shape index (κ1) is 29.2. The molecule has 1 atom stereocenters. The highest BCUT2D eigenvalue weighted by atomic mass is 19.4. The summed E-state index contributed by atoms with van der Waals surface area (Å²) in [5.41, 5.74) is -1.43. The number of benzene rings is 2. The fraction of sp³-hybridized carbons (Fsp3) is 0.387. The summed E-state index contributed by atoms with van der Waals surface area (Å²) in [5, 5.41) is 0. The van der Waals surface area contributed by atoms with Gasteiger partial charge in [-0.05, 0) is 66.9 Å². The maximum atomic E-state index is 14.2. The van der Waals surface area contributed by atoms with E-state index in [9.17, 15) is 22.8 Å². The molecule has 2 fully saturated rings. The first-order valence-corrected chi connectivity index (χ1v) is 13.9. The van der Waals surface area contributed by atoms with E-state index < -0.39 is 17.3 Å². The van der Waals surface area contributed by atoms with E-state index in [1.165, 1.54) is 12.1 Å². The number of ether oxygens (including phenoxy) is 2. The van der Waals surface area contributed by atoms with Crippen LogP contribution in [-0.4, -0.2) is 78.6 Å². The van der Waals surface area contributed by atoms with Crippen molar-refractivity contribution in [3.8, 4) is 11.5 Å². The molecule has 3 heterocycles. The predicted molar refractivity (Wildman–Crippen MR) is 150 cm³/mol. The normalized spacial score (nSPS) is 19.4. The zero-order valence-electron chi connectivity index (χ0n) is 23.3. The van der Waals surface area contributed by atoms with Crippen molar-refractivity contribution < 1.29 is 32.2 Å². The van der Waals surface area contributed by atoms with Crippen LogP contribution in [0.2, 0.25) is 0 Å². The Morgan fingerprint density at radius 1 is 0.881 bits per heavy atom. The van der Waals surface area contributed by atoms with E-state index in [-0.39, 0.29) is 30.5 Å². The molecule has 0 saturated carbocycles. The topological polar surface area (TPSA) is 75.2 Å². The number of piperazine rings is 1. The molecule has 1 unspecified atom stereocenters. The Bertz CT molecular complexity index is 1360. The van der Waals surface area contributed by atoms with Gasteiger partial charge in [-0.2, -0.15) is 13.2 Å². The van der Waals surface area contributed by atoms with Crippen LogP contribution in [0.15, 0.2) is 72.9 Å². The molecule has 0 bridgehead atoms. The number of aromatic nitrogens is 1. The van der Waals surface area contributed by atoms with E-state index in [2.05, 4.69) is 9.88 Å². The van der Waals surface area contributed by atoms with Gasteiger partial charge >= 0.3 is 6.18 Å². The van der Waals surface area contributed by atoms with Gasteiger partial charge in [-0.3, -0.25) is 9.59 Å². The molecule has 1 aromatic heterocycles. The average Bonchev–Trinajstić information content (AvgIpc) is 3.01. The van der Waals surface area contributed by atoms with E-state index in [0.717, 1.165) is 23.5 Å². The summed E-state index contributed by atoms with van der Waals surface area (Å²) >= 11 is 0. The highest BCUT2D eigenvalue weighted by Gasteiger charge is 2.48. The van der Waals surface area contributed by atoms with Crippen LogP contribution in [0.25, 0.3) is 0 Å². The number of carbonyl (C=O) groups is 2. The summed E-state index contributed by atoms with van der Waals surface area (Å²) in [4.78, 5) is 37.4. The third-order valence-corrected chi connectivity index (χ3v) is 7.75. The maximum Gasteiger partial charge on any atom is 0.416 e. The summed E-state index contributed by atoms with van der Waals surface area (Å²) in [6.45, 7) is 2.44. The van der Waals surface area contributed by atoms with Gasteiger partial charge in [-0.1, -0.05) is 18.2 Å². The molecule has 0 radical (unpaired) electrons. The number of halogens is 3. The van der Waals surface area contributed by atoms with Gasteiger partial charge in [0.25, 0.3) is 5.91 Å². The van der Waals surface area contributed by atoms with Crippen LogP contribution in [0.1, 0.15) is 24.0 Å². The maximum absolute atomic E-state index is 14.2. The largest absolute Gasteiger partial charge is 0.497 e. The summed E-state index contributed by atoms with van der Waals surface area (Å²) in [5.74, 6) is 1.22. The van der Waals surface area contributed by atoms with Crippen molar-refractivity contribution >= 4 is 17.6 Å². The van der Waals surface area contributed by atoms with Gasteiger partial charge in [-0.15, -0.1) is 0 Å². The molecule has 0 aliphatic carbocycles. The minimum absolute atomic E-state index is 0.00228. The van der Waals surface area contributed by atoms with Crippen molar-refractivity contribution in [1.29, 1.82) is 0 Å². The first-order chi connectivity index (χ1) is 20.2. The van der Waals surface area contributed by atoms with Crippen molar-refractivity contribution in [1.82, 2.24) is 14.8 Å². The summed E-state index contributed by atoms with van der Waals surface area (Å²) in [7, 11) is 1.57. The number of anilines is 1. The SMILES string of the molecule is COc1ccc(CC(=O)N2CCCC(Oc3ccc(C(F)(F)F)cc3)(C(=O)N3CCN(c4ccccn4)CC3)C2)cc1. The van der Waals surface area contributed by atoms with Crippen molar-refractivity contribution in [2.45, 2.75) is 31.0 Å². The van der Waals surface area contributed by atoms with Crippen LogP contribution in [0.4, 0.5) is 19.0 Å². The molecule has 42 heavy (non-hydrogen) atoms. The molecule has 222 valence electrons. The van der Waals surface area contributed by atoms with Crippen LogP contribution in [-0.2, 0) is 22.2 Å². The molecular weight excluding hydrogens is 549 g/mol. The number of hydrogen-bond acceptors (Lipinski definition) is 6. The van der Waals surface area contributed by atoms with E-state index in [1.807, 2.05) is 30.3 Å². The van der Waals surface area contributed by atoms with Gasteiger partial charge < -0.3 is 24.2 Å². The van der Waals surface area contributed by atoms with Gasteiger partial charge in [0, 0.05) is 38.9 Å². The number of amides is 2. The fourth-order valence-corrected chi connectivity index (χ4v) is 5.47. The lowest BCUT2D eigenvalue weighted by Crippen LogP contribution is -2.64. The molecule has 0 spiro atoms. The monoisotopic (exact) mass is 582 g/mol. The van der Waals surface area contributed by atoms with Crippen molar-refractivity contribution in [2.75, 3.05) is 51.3 Å². The minimum atomic E-state index is -4.49. The second-order valence-electron chi connectivity index (χ2n) is 10.5. The molecule has 8 nitrogen and oxygen atoms in total. The van der Waals surface area contributed by atoms with Crippen LogP contribution in [0.3, 0.4) is 0 Å². The number of hydrogen-bond donors (Lipinski definition) is 0. The highest BCUT2D eigenvalue weighted by molar-refractivity contribution is 5.88. The number of pyridine rings is 1. The first-order valence-electron chi connectivity index (χ1n) is 13.9. The number of carbonyl (C=O) groups excluding carboxylic acids is 2. The number of piperidine rings is 1. The van der Waals surface area contributed by atoms with Crippen molar-refractivity contribution in [3.05, 3.63) is 84.1 Å². The molecule has 11 heteroatoms. The number of nitrogens with zero attached hydrogens (tertiary/aromatic N) is 4. The van der Waals surface area contributed by atoms with Gasteiger partial charge in [-0.25, -0.2) is 4.98 Å². The van der Waals surface area contributed by atoms with Crippen LogP contribution in [0.5, 0.6) is 11.5 Å². The fourth-order valence-electron chi connectivity index (χ4n) is 5.47.